The van der Waals surface area contributed by atoms with Crippen molar-refractivity contribution < 1.29 is 26.7 Å². The molecule has 0 saturated heterocycles. The molecule has 0 saturated carbocycles. The lowest BCUT2D eigenvalue weighted by Gasteiger charge is -2.23. The molecular formula is C12H25NO6S2. The van der Waals surface area contributed by atoms with Crippen LogP contribution in [0.15, 0.2) is 0 Å². The fourth-order valence-electron chi connectivity index (χ4n) is 1.58. The molecule has 0 aliphatic heterocycles. The van der Waals surface area contributed by atoms with Crippen LogP contribution in [0.3, 0.4) is 0 Å². The predicted molar refractivity (Wildman–Crippen MR) is 81.2 cm³/mol. The summed E-state index contributed by atoms with van der Waals surface area (Å²) in [5, 5.41) is 12.3. The third-order valence-corrected chi connectivity index (χ3v) is 7.81. The topological polar surface area (TPSA) is 118 Å². The maximum atomic E-state index is 11.8. The number of aliphatic hydroxyl groups is 1. The Bertz CT molecular complexity index is 533. The van der Waals surface area contributed by atoms with Crippen LogP contribution in [-0.4, -0.2) is 57.6 Å². The first-order chi connectivity index (χ1) is 9.21. The molecule has 0 fully saturated rings. The van der Waals surface area contributed by atoms with Crippen LogP contribution >= 0.6 is 0 Å². The van der Waals surface area contributed by atoms with Gasteiger partial charge in [-0.1, -0.05) is 20.8 Å². The minimum absolute atomic E-state index is 0.191. The zero-order valence-electron chi connectivity index (χ0n) is 13.1. The number of carbonyl (C=O) groups is 1. The molecule has 9 heteroatoms. The first kappa shape index (κ1) is 20.3. The lowest BCUT2D eigenvalue weighted by atomic mass is 9.89. The molecule has 0 aromatic rings. The van der Waals surface area contributed by atoms with Crippen molar-refractivity contribution >= 4 is 25.6 Å². The van der Waals surface area contributed by atoms with E-state index in [0.717, 1.165) is 12.5 Å². The predicted octanol–water partition coefficient (Wildman–Crippen LogP) is -0.295. The molecule has 0 bridgehead atoms. The highest BCUT2D eigenvalue weighted by Crippen LogP contribution is 2.19. The first-order valence-corrected chi connectivity index (χ1v) is 10.5. The minimum Gasteiger partial charge on any atom is -0.391 e. The van der Waals surface area contributed by atoms with Crippen LogP contribution in [0.4, 0.5) is 0 Å². The van der Waals surface area contributed by atoms with E-state index in [4.69, 9.17) is 0 Å². The lowest BCUT2D eigenvalue weighted by Crippen LogP contribution is -2.42. The molecule has 0 heterocycles. The van der Waals surface area contributed by atoms with Crippen LogP contribution in [0.25, 0.3) is 0 Å². The Morgan fingerprint density at radius 1 is 1.14 bits per heavy atom. The Kier molecular flexibility index (Phi) is 6.83. The molecule has 2 N–H and O–H groups in total. The van der Waals surface area contributed by atoms with Crippen LogP contribution in [0, 0.1) is 5.41 Å². The van der Waals surface area contributed by atoms with E-state index in [0.29, 0.717) is 6.42 Å². The Morgan fingerprint density at radius 2 is 1.57 bits per heavy atom. The summed E-state index contributed by atoms with van der Waals surface area (Å²) < 4.78 is 44.2. The second kappa shape index (κ2) is 7.06. The van der Waals surface area contributed by atoms with Crippen molar-refractivity contribution in [2.24, 2.45) is 5.41 Å². The Balaban J connectivity index is 4.77. The zero-order valence-corrected chi connectivity index (χ0v) is 14.7. The van der Waals surface area contributed by atoms with Gasteiger partial charge >= 0.3 is 0 Å². The lowest BCUT2D eigenvalue weighted by molar-refractivity contribution is -0.129. The largest absolute Gasteiger partial charge is 0.391 e. The molecule has 1 amide bonds. The number of amides is 1. The Morgan fingerprint density at radius 3 is 1.90 bits per heavy atom. The summed E-state index contributed by atoms with van der Waals surface area (Å²) >= 11 is 0. The van der Waals surface area contributed by atoms with Gasteiger partial charge in [0.2, 0.25) is 5.91 Å². The Labute approximate surface area is 127 Å². The van der Waals surface area contributed by atoms with E-state index in [2.05, 4.69) is 5.32 Å². The normalized spacial score (nSPS) is 15.0. The summed E-state index contributed by atoms with van der Waals surface area (Å²) in [6.07, 6.45) is 0.499. The van der Waals surface area contributed by atoms with Crippen molar-refractivity contribution in [1.29, 1.82) is 0 Å². The fourth-order valence-corrected chi connectivity index (χ4v) is 5.27. The average molecular weight is 343 g/mol. The van der Waals surface area contributed by atoms with E-state index in [9.17, 15) is 26.7 Å². The number of hydrogen-bond donors (Lipinski definition) is 2. The van der Waals surface area contributed by atoms with Gasteiger partial charge in [0.15, 0.2) is 24.3 Å². The second-order valence-corrected chi connectivity index (χ2v) is 10.7. The van der Waals surface area contributed by atoms with Crippen LogP contribution in [0.1, 0.15) is 33.6 Å². The van der Waals surface area contributed by atoms with Crippen LogP contribution < -0.4 is 5.32 Å². The first-order valence-electron chi connectivity index (χ1n) is 6.56. The molecule has 1 atom stereocenters. The van der Waals surface area contributed by atoms with Gasteiger partial charge in [-0.15, -0.1) is 0 Å². The van der Waals surface area contributed by atoms with Gasteiger partial charge in [0, 0.05) is 30.9 Å². The smallest absolute Gasteiger partial charge is 0.225 e. The van der Waals surface area contributed by atoms with Gasteiger partial charge in [0.1, 0.15) is 0 Å². The highest BCUT2D eigenvalue weighted by Gasteiger charge is 2.33. The van der Waals surface area contributed by atoms with E-state index in [1.165, 1.54) is 0 Å². The van der Waals surface area contributed by atoms with Crippen molar-refractivity contribution in [3.8, 4) is 0 Å². The molecule has 7 nitrogen and oxygen atoms in total. The maximum Gasteiger partial charge on any atom is 0.225 e. The van der Waals surface area contributed by atoms with Crippen LogP contribution in [-0.2, 0) is 24.5 Å². The molecule has 0 aliphatic carbocycles. The average Bonchev–Trinajstić information content (AvgIpc) is 2.29. The summed E-state index contributed by atoms with van der Waals surface area (Å²) in [7, 11) is -7.70. The van der Waals surface area contributed by atoms with E-state index in [-0.39, 0.29) is 12.5 Å². The molecule has 0 spiro atoms. The quantitative estimate of drug-likeness (QED) is 0.625. The molecule has 0 aromatic carbocycles. The minimum atomic E-state index is -3.85. The summed E-state index contributed by atoms with van der Waals surface area (Å²) in [6.45, 7) is 5.14. The van der Waals surface area contributed by atoms with E-state index >= 15 is 0 Å². The molecule has 0 aromatic heterocycles. The van der Waals surface area contributed by atoms with Gasteiger partial charge in [-0.25, -0.2) is 16.8 Å². The maximum absolute atomic E-state index is 11.8. The van der Waals surface area contributed by atoms with Gasteiger partial charge < -0.3 is 10.4 Å². The van der Waals surface area contributed by atoms with Gasteiger partial charge in [-0.05, 0) is 6.42 Å². The molecule has 21 heavy (non-hydrogen) atoms. The standard InChI is InChI=1S/C12H25NO6S2/c1-6-12(2,3)11(15)13-8-9(14)7-10(20(4,16)17)21(5,18)19/h9-10,14H,6-8H2,1-5H3,(H,13,15). The van der Waals surface area contributed by atoms with E-state index < -0.39 is 42.2 Å². The van der Waals surface area contributed by atoms with Crippen molar-refractivity contribution in [2.45, 2.75) is 44.3 Å². The number of rotatable bonds is 8. The third-order valence-electron chi connectivity index (χ3n) is 3.42. The number of sulfone groups is 2. The van der Waals surface area contributed by atoms with E-state index in [1.54, 1.807) is 13.8 Å². The van der Waals surface area contributed by atoms with E-state index in [1.807, 2.05) is 6.92 Å². The second-order valence-electron chi connectivity index (χ2n) is 5.93. The van der Waals surface area contributed by atoms with Gasteiger partial charge in [-0.3, -0.25) is 4.79 Å². The molecule has 0 rings (SSSR count). The monoisotopic (exact) mass is 343 g/mol. The van der Waals surface area contributed by atoms with Crippen molar-refractivity contribution in [2.75, 3.05) is 19.1 Å². The summed E-state index contributed by atoms with van der Waals surface area (Å²) in [5.74, 6) is -0.278. The summed E-state index contributed by atoms with van der Waals surface area (Å²) in [4.78, 5) is 11.8. The molecule has 126 valence electrons. The van der Waals surface area contributed by atoms with Gasteiger partial charge in [-0.2, -0.15) is 0 Å². The van der Waals surface area contributed by atoms with Crippen molar-refractivity contribution in [1.82, 2.24) is 5.32 Å². The Hall–Kier alpha value is -0.670. The number of nitrogens with one attached hydrogen (secondary N) is 1. The summed E-state index contributed by atoms with van der Waals surface area (Å²) in [5.41, 5.74) is -0.604. The number of aliphatic hydroxyl groups excluding tert-OH is 1. The van der Waals surface area contributed by atoms with Gasteiger partial charge in [0.05, 0.1) is 6.10 Å². The van der Waals surface area contributed by atoms with Crippen molar-refractivity contribution in [3.05, 3.63) is 0 Å². The SMILES string of the molecule is CCC(C)(C)C(=O)NCC(O)CC(S(C)(=O)=O)S(C)(=O)=O. The highest BCUT2D eigenvalue weighted by molar-refractivity contribution is 8.08. The van der Waals surface area contributed by atoms with Gasteiger partial charge in [0.25, 0.3) is 0 Å². The van der Waals surface area contributed by atoms with Crippen molar-refractivity contribution in [3.63, 3.8) is 0 Å². The molecule has 0 aliphatic rings. The molecule has 0 radical (unpaired) electrons. The molecular weight excluding hydrogens is 318 g/mol. The number of hydrogen-bond acceptors (Lipinski definition) is 6. The fraction of sp³-hybridized carbons (Fsp3) is 0.917. The highest BCUT2D eigenvalue weighted by atomic mass is 32.3. The third kappa shape index (κ3) is 6.75. The molecule has 1 unspecified atom stereocenters. The zero-order chi connectivity index (χ0) is 17.1. The number of carbonyl (C=O) groups excluding carboxylic acids is 1. The van der Waals surface area contributed by atoms with Crippen LogP contribution in [0.2, 0.25) is 0 Å². The van der Waals surface area contributed by atoms with Crippen LogP contribution in [0.5, 0.6) is 0 Å². The summed E-state index contributed by atoms with van der Waals surface area (Å²) in [6, 6.07) is 0.